The van der Waals surface area contributed by atoms with Gasteiger partial charge in [-0.1, -0.05) is 11.6 Å². The minimum absolute atomic E-state index is 0.0143. The summed E-state index contributed by atoms with van der Waals surface area (Å²) in [5, 5.41) is 8.57. The van der Waals surface area contributed by atoms with Crippen molar-refractivity contribution in [2.45, 2.75) is 65.0 Å². The number of likely N-dealkylation sites (tertiary alicyclic amines) is 1. The molecular formula is C25H34N6OS. The van der Waals surface area contributed by atoms with Crippen molar-refractivity contribution in [3.05, 3.63) is 52.3 Å². The summed E-state index contributed by atoms with van der Waals surface area (Å²) in [4.78, 5) is 20.2. The molecule has 3 N–H and O–H groups in total. The second-order valence-corrected chi connectivity index (χ2v) is 9.03. The molecule has 1 saturated heterocycles. The number of nitrogen functional groups attached to an aromatic ring is 1. The zero-order valence-corrected chi connectivity index (χ0v) is 20.8. The van der Waals surface area contributed by atoms with E-state index in [2.05, 4.69) is 24.9 Å². The predicted octanol–water partition coefficient (Wildman–Crippen LogP) is 4.72. The predicted molar refractivity (Wildman–Crippen MR) is 137 cm³/mol. The lowest BCUT2D eigenvalue weighted by Crippen LogP contribution is -2.39. The third-order valence-electron chi connectivity index (χ3n) is 6.56. The monoisotopic (exact) mass is 466 g/mol. The van der Waals surface area contributed by atoms with Crippen molar-refractivity contribution in [2.75, 3.05) is 23.9 Å². The molecule has 1 aliphatic carbocycles. The molecule has 1 aromatic carbocycles. The van der Waals surface area contributed by atoms with Gasteiger partial charge in [-0.2, -0.15) is 22.2 Å². The lowest BCUT2D eigenvalue weighted by atomic mass is 9.97. The maximum Gasteiger partial charge on any atom is 0.256 e. The molecule has 1 saturated carbocycles. The van der Waals surface area contributed by atoms with Crippen molar-refractivity contribution in [2.24, 2.45) is 0 Å². The number of carbonyl (C=O) groups is 1. The van der Waals surface area contributed by atoms with Crippen LogP contribution in [0.1, 0.15) is 71.0 Å². The molecule has 3 aromatic rings. The van der Waals surface area contributed by atoms with Crippen LogP contribution in [0, 0.1) is 20.8 Å². The van der Waals surface area contributed by atoms with Gasteiger partial charge in [-0.15, -0.1) is 0 Å². The van der Waals surface area contributed by atoms with Gasteiger partial charge in [0.05, 0.1) is 17.3 Å². The molecule has 5 rings (SSSR count). The Labute approximate surface area is 201 Å². The number of hydrogen-bond acceptors (Lipinski definition) is 6. The van der Waals surface area contributed by atoms with Crippen LogP contribution in [0.25, 0.3) is 5.65 Å². The van der Waals surface area contributed by atoms with E-state index >= 15 is 0 Å². The lowest BCUT2D eigenvalue weighted by Gasteiger charge is -2.35. The number of fused-ring (bicyclic) bond motifs is 1. The first-order valence-electron chi connectivity index (χ1n) is 11.7. The SMILES string of the molecule is CS.Cc1ccc(N)c(C(=O)N2CCCCC2c2cc3nc(C)c(C)c(NC4CC4)n3n2)c1. The van der Waals surface area contributed by atoms with Gasteiger partial charge >= 0.3 is 0 Å². The number of aryl methyl sites for hydroxylation is 2. The van der Waals surface area contributed by atoms with Crippen LogP contribution >= 0.6 is 12.6 Å². The zero-order valence-electron chi connectivity index (χ0n) is 19.9. The van der Waals surface area contributed by atoms with Crippen molar-refractivity contribution >= 4 is 35.7 Å². The summed E-state index contributed by atoms with van der Waals surface area (Å²) in [5.74, 6) is 1.01. The number of thiol groups is 1. The molecule has 8 heteroatoms. The van der Waals surface area contributed by atoms with Crippen LogP contribution in [0.3, 0.4) is 0 Å². The molecular weight excluding hydrogens is 432 g/mol. The number of benzene rings is 1. The van der Waals surface area contributed by atoms with E-state index in [0.717, 1.165) is 53.2 Å². The van der Waals surface area contributed by atoms with Crippen LogP contribution in [-0.4, -0.2) is 44.2 Å². The summed E-state index contributed by atoms with van der Waals surface area (Å²) in [7, 11) is 0. The van der Waals surface area contributed by atoms with Crippen molar-refractivity contribution in [3.8, 4) is 0 Å². The summed E-state index contributed by atoms with van der Waals surface area (Å²) >= 11 is 3.53. The third kappa shape index (κ3) is 4.67. The van der Waals surface area contributed by atoms with E-state index in [-0.39, 0.29) is 11.9 Å². The Hall–Kier alpha value is -2.74. The average Bonchev–Trinajstić information content (AvgIpc) is 3.56. The minimum Gasteiger partial charge on any atom is -0.398 e. The Balaban J connectivity index is 0.00000126. The van der Waals surface area contributed by atoms with E-state index in [9.17, 15) is 4.79 Å². The summed E-state index contributed by atoms with van der Waals surface area (Å²) in [6.07, 6.45) is 7.04. The van der Waals surface area contributed by atoms with Crippen molar-refractivity contribution in [3.63, 3.8) is 0 Å². The van der Waals surface area contributed by atoms with Crippen LogP contribution in [0.4, 0.5) is 11.5 Å². The summed E-state index contributed by atoms with van der Waals surface area (Å²) < 4.78 is 1.92. The number of nitrogens with two attached hydrogens (primary N) is 1. The number of amides is 1. The van der Waals surface area contributed by atoms with Crippen molar-refractivity contribution in [1.82, 2.24) is 19.5 Å². The molecule has 1 atom stereocenters. The summed E-state index contributed by atoms with van der Waals surface area (Å²) in [6.45, 7) is 6.82. The Morgan fingerprint density at radius 3 is 2.61 bits per heavy atom. The van der Waals surface area contributed by atoms with Gasteiger partial charge in [-0.3, -0.25) is 4.79 Å². The molecule has 33 heavy (non-hydrogen) atoms. The molecule has 7 nitrogen and oxygen atoms in total. The van der Waals surface area contributed by atoms with E-state index in [1.165, 1.54) is 12.8 Å². The first-order chi connectivity index (χ1) is 15.9. The molecule has 1 aliphatic heterocycles. The number of aromatic nitrogens is 3. The molecule has 0 radical (unpaired) electrons. The molecule has 0 spiro atoms. The topological polar surface area (TPSA) is 88.5 Å². The number of hydrogen-bond donors (Lipinski definition) is 3. The van der Waals surface area contributed by atoms with Gasteiger partial charge in [0.1, 0.15) is 5.82 Å². The minimum atomic E-state index is -0.0720. The van der Waals surface area contributed by atoms with Gasteiger partial charge in [-0.25, -0.2) is 4.98 Å². The summed E-state index contributed by atoms with van der Waals surface area (Å²) in [5.41, 5.74) is 12.2. The first-order valence-corrected chi connectivity index (χ1v) is 12.6. The average molecular weight is 467 g/mol. The van der Waals surface area contributed by atoms with Crippen molar-refractivity contribution < 1.29 is 4.79 Å². The lowest BCUT2D eigenvalue weighted by molar-refractivity contribution is 0.0607. The standard InChI is InChI=1S/C24H30N6O.CH4S/c1-14-7-10-19(25)18(12-14)24(31)29-11-5-4-6-21(29)20-13-22-26-16(3)15(2)23(30(22)28-20)27-17-8-9-17;1-2/h7,10,12-13,17,21,27H,4-6,8-9,11,25H2,1-3H3;2H,1H3. The van der Waals surface area contributed by atoms with Crippen LogP contribution in [-0.2, 0) is 0 Å². The molecule has 3 heterocycles. The van der Waals surface area contributed by atoms with Crippen LogP contribution in [0.15, 0.2) is 24.3 Å². The van der Waals surface area contributed by atoms with Crippen molar-refractivity contribution in [1.29, 1.82) is 0 Å². The van der Waals surface area contributed by atoms with E-state index in [1.807, 2.05) is 47.5 Å². The highest BCUT2D eigenvalue weighted by Crippen LogP contribution is 2.34. The second kappa shape index (κ2) is 9.63. The molecule has 2 aliphatic rings. The van der Waals surface area contributed by atoms with Gasteiger partial charge in [0.2, 0.25) is 0 Å². The second-order valence-electron chi connectivity index (χ2n) is 9.03. The number of nitrogens with zero attached hydrogens (tertiary/aromatic N) is 4. The number of rotatable bonds is 4. The first kappa shape index (κ1) is 23.4. The Bertz CT molecular complexity index is 1170. The Morgan fingerprint density at radius 1 is 1.12 bits per heavy atom. The smallest absolute Gasteiger partial charge is 0.256 e. The molecule has 2 fully saturated rings. The number of anilines is 2. The number of nitrogens with one attached hydrogen (secondary N) is 1. The van der Waals surface area contributed by atoms with Crippen LogP contribution in [0.5, 0.6) is 0 Å². The van der Waals surface area contributed by atoms with E-state index in [4.69, 9.17) is 15.8 Å². The molecule has 1 amide bonds. The highest BCUT2D eigenvalue weighted by Gasteiger charge is 2.32. The maximum atomic E-state index is 13.5. The largest absolute Gasteiger partial charge is 0.398 e. The fourth-order valence-electron chi connectivity index (χ4n) is 4.46. The van der Waals surface area contributed by atoms with Crippen LogP contribution < -0.4 is 11.1 Å². The normalized spacial score (nSPS) is 18.1. The maximum absolute atomic E-state index is 13.5. The molecule has 0 bridgehead atoms. The fourth-order valence-corrected chi connectivity index (χ4v) is 4.46. The molecule has 1 unspecified atom stereocenters. The zero-order chi connectivity index (χ0) is 23.7. The van der Waals surface area contributed by atoms with E-state index in [1.54, 1.807) is 6.26 Å². The van der Waals surface area contributed by atoms with Gasteiger partial charge in [-0.05, 0) is 71.3 Å². The Kier molecular flexibility index (Phi) is 6.83. The Morgan fingerprint density at radius 2 is 1.88 bits per heavy atom. The van der Waals surface area contributed by atoms with Gasteiger partial charge in [0, 0.05) is 35.6 Å². The fraction of sp³-hybridized carbons (Fsp3) is 0.480. The molecule has 176 valence electrons. The van der Waals surface area contributed by atoms with Crippen LogP contribution in [0.2, 0.25) is 0 Å². The highest BCUT2D eigenvalue weighted by molar-refractivity contribution is 7.79. The number of carbonyl (C=O) groups excluding carboxylic acids is 1. The van der Waals surface area contributed by atoms with E-state index in [0.29, 0.717) is 23.8 Å². The van der Waals surface area contributed by atoms with E-state index < -0.39 is 0 Å². The summed E-state index contributed by atoms with van der Waals surface area (Å²) in [6, 6.07) is 8.13. The third-order valence-corrected chi connectivity index (χ3v) is 6.56. The molecule has 2 aromatic heterocycles. The number of piperidine rings is 1. The highest BCUT2D eigenvalue weighted by atomic mass is 32.1. The van der Waals surface area contributed by atoms with Gasteiger partial charge in [0.15, 0.2) is 5.65 Å². The quantitative estimate of drug-likeness (QED) is 0.382. The van der Waals surface area contributed by atoms with Gasteiger partial charge in [0.25, 0.3) is 5.91 Å². The van der Waals surface area contributed by atoms with Gasteiger partial charge < -0.3 is 16.0 Å².